The summed E-state index contributed by atoms with van der Waals surface area (Å²) in [6.07, 6.45) is 6.96. The maximum Gasteiger partial charge on any atom is 0.0300 e. The molecular weight excluding hydrogens is 252 g/mol. The standard InChI is InChI=1S/C16H28N2S/c1-3-15-7-5-4-6-11-18(15)12-10-17-13-16-9-8-14(2)19-16/h8-9,15,17H,3-7,10-13H2,1-2H3. The molecule has 1 fully saturated rings. The molecule has 19 heavy (non-hydrogen) atoms. The first kappa shape index (κ1) is 15.0. The Morgan fingerprint density at radius 3 is 2.95 bits per heavy atom. The minimum atomic E-state index is 0.827. The Morgan fingerprint density at radius 1 is 1.32 bits per heavy atom. The van der Waals surface area contributed by atoms with Crippen LogP contribution in [0.4, 0.5) is 0 Å². The summed E-state index contributed by atoms with van der Waals surface area (Å²) in [5, 5.41) is 3.60. The zero-order chi connectivity index (χ0) is 13.5. The molecule has 1 aliphatic heterocycles. The molecule has 1 saturated heterocycles. The lowest BCUT2D eigenvalue weighted by molar-refractivity contribution is 0.195. The molecule has 2 nitrogen and oxygen atoms in total. The van der Waals surface area contributed by atoms with Gasteiger partial charge in [0.15, 0.2) is 0 Å². The number of hydrogen-bond acceptors (Lipinski definition) is 3. The van der Waals surface area contributed by atoms with Crippen molar-refractivity contribution in [1.29, 1.82) is 0 Å². The Bertz CT molecular complexity index is 361. The van der Waals surface area contributed by atoms with Crippen LogP contribution in [0.15, 0.2) is 12.1 Å². The van der Waals surface area contributed by atoms with Gasteiger partial charge in [-0.3, -0.25) is 4.90 Å². The summed E-state index contributed by atoms with van der Waals surface area (Å²) in [6.45, 7) is 9.18. The van der Waals surface area contributed by atoms with E-state index in [2.05, 4.69) is 36.2 Å². The molecule has 2 heterocycles. The van der Waals surface area contributed by atoms with Crippen molar-refractivity contribution in [3.8, 4) is 0 Å². The van der Waals surface area contributed by atoms with E-state index < -0.39 is 0 Å². The average Bonchev–Trinajstić information content (AvgIpc) is 2.70. The van der Waals surface area contributed by atoms with Gasteiger partial charge in [-0.15, -0.1) is 11.3 Å². The zero-order valence-corrected chi connectivity index (χ0v) is 13.3. The summed E-state index contributed by atoms with van der Waals surface area (Å²) in [4.78, 5) is 5.58. The second kappa shape index (κ2) is 8.03. The van der Waals surface area contributed by atoms with E-state index in [9.17, 15) is 0 Å². The van der Waals surface area contributed by atoms with Crippen molar-refractivity contribution in [3.63, 3.8) is 0 Å². The van der Waals surface area contributed by atoms with Crippen LogP contribution in [0.25, 0.3) is 0 Å². The Morgan fingerprint density at radius 2 is 2.21 bits per heavy atom. The second-order valence-electron chi connectivity index (χ2n) is 5.64. The van der Waals surface area contributed by atoms with E-state index in [1.807, 2.05) is 11.3 Å². The highest BCUT2D eigenvalue weighted by atomic mass is 32.1. The number of thiophene rings is 1. The summed E-state index contributed by atoms with van der Waals surface area (Å²) in [7, 11) is 0. The number of likely N-dealkylation sites (tertiary alicyclic amines) is 1. The summed E-state index contributed by atoms with van der Waals surface area (Å²) in [5.41, 5.74) is 0. The lowest BCUT2D eigenvalue weighted by Gasteiger charge is -2.29. The molecule has 1 N–H and O–H groups in total. The van der Waals surface area contributed by atoms with Gasteiger partial charge in [-0.1, -0.05) is 19.8 Å². The van der Waals surface area contributed by atoms with Crippen LogP contribution in [0.1, 0.15) is 48.8 Å². The Balaban J connectivity index is 1.68. The molecule has 2 rings (SSSR count). The van der Waals surface area contributed by atoms with Crippen LogP contribution in [-0.4, -0.2) is 30.6 Å². The van der Waals surface area contributed by atoms with Crippen molar-refractivity contribution in [2.45, 2.75) is 58.5 Å². The Kier molecular flexibility index (Phi) is 6.35. The van der Waals surface area contributed by atoms with Crippen molar-refractivity contribution >= 4 is 11.3 Å². The molecule has 0 amide bonds. The predicted octanol–water partition coefficient (Wildman–Crippen LogP) is 3.80. The third-order valence-electron chi connectivity index (χ3n) is 4.14. The van der Waals surface area contributed by atoms with Crippen molar-refractivity contribution in [3.05, 3.63) is 21.9 Å². The van der Waals surface area contributed by atoms with Crippen LogP contribution < -0.4 is 5.32 Å². The molecule has 0 aliphatic carbocycles. The first-order valence-electron chi connectivity index (χ1n) is 7.79. The molecule has 108 valence electrons. The van der Waals surface area contributed by atoms with E-state index in [0.717, 1.165) is 19.1 Å². The molecule has 1 aliphatic rings. The van der Waals surface area contributed by atoms with Gasteiger partial charge in [0.2, 0.25) is 0 Å². The molecule has 0 aromatic carbocycles. The van der Waals surface area contributed by atoms with E-state index in [0.29, 0.717) is 0 Å². The van der Waals surface area contributed by atoms with Gasteiger partial charge in [-0.2, -0.15) is 0 Å². The SMILES string of the molecule is CCC1CCCCCN1CCNCc1ccc(C)s1. The highest BCUT2D eigenvalue weighted by Gasteiger charge is 2.18. The molecule has 0 radical (unpaired) electrons. The van der Waals surface area contributed by atoms with Gasteiger partial charge in [0.25, 0.3) is 0 Å². The number of nitrogens with one attached hydrogen (secondary N) is 1. The van der Waals surface area contributed by atoms with E-state index >= 15 is 0 Å². The van der Waals surface area contributed by atoms with E-state index in [4.69, 9.17) is 0 Å². The molecule has 1 unspecified atom stereocenters. The van der Waals surface area contributed by atoms with Gasteiger partial charge in [-0.05, 0) is 44.9 Å². The molecule has 0 spiro atoms. The summed E-state index contributed by atoms with van der Waals surface area (Å²) >= 11 is 1.91. The van der Waals surface area contributed by atoms with Gasteiger partial charge >= 0.3 is 0 Å². The van der Waals surface area contributed by atoms with Crippen molar-refractivity contribution in [1.82, 2.24) is 10.2 Å². The summed E-state index contributed by atoms with van der Waals surface area (Å²) in [6, 6.07) is 5.28. The van der Waals surface area contributed by atoms with Gasteiger partial charge in [-0.25, -0.2) is 0 Å². The monoisotopic (exact) mass is 280 g/mol. The third-order valence-corrected chi connectivity index (χ3v) is 5.14. The smallest absolute Gasteiger partial charge is 0.0300 e. The quantitative estimate of drug-likeness (QED) is 0.797. The van der Waals surface area contributed by atoms with Gasteiger partial charge in [0, 0.05) is 35.4 Å². The van der Waals surface area contributed by atoms with Gasteiger partial charge in [0.1, 0.15) is 0 Å². The van der Waals surface area contributed by atoms with Crippen molar-refractivity contribution in [2.24, 2.45) is 0 Å². The normalized spacial score (nSPS) is 21.5. The van der Waals surface area contributed by atoms with Gasteiger partial charge < -0.3 is 5.32 Å². The van der Waals surface area contributed by atoms with Crippen LogP contribution in [0, 0.1) is 6.92 Å². The maximum atomic E-state index is 3.60. The lowest BCUT2D eigenvalue weighted by Crippen LogP contribution is -2.39. The van der Waals surface area contributed by atoms with Crippen LogP contribution in [-0.2, 0) is 6.54 Å². The topological polar surface area (TPSA) is 15.3 Å². The van der Waals surface area contributed by atoms with Crippen LogP contribution >= 0.6 is 11.3 Å². The number of nitrogens with zero attached hydrogens (tertiary/aromatic N) is 1. The van der Waals surface area contributed by atoms with Crippen molar-refractivity contribution < 1.29 is 0 Å². The molecule has 0 saturated carbocycles. The Hall–Kier alpha value is -0.380. The molecular formula is C16H28N2S. The fraction of sp³-hybridized carbons (Fsp3) is 0.750. The van der Waals surface area contributed by atoms with Crippen LogP contribution in [0.2, 0.25) is 0 Å². The number of aryl methyl sites for hydroxylation is 1. The molecule has 1 aromatic rings. The number of rotatable bonds is 6. The van der Waals surface area contributed by atoms with E-state index in [1.54, 1.807) is 0 Å². The summed E-state index contributed by atoms with van der Waals surface area (Å²) < 4.78 is 0. The molecule has 0 bridgehead atoms. The zero-order valence-electron chi connectivity index (χ0n) is 12.5. The predicted molar refractivity (Wildman–Crippen MR) is 84.9 cm³/mol. The van der Waals surface area contributed by atoms with Crippen molar-refractivity contribution in [2.75, 3.05) is 19.6 Å². The minimum Gasteiger partial charge on any atom is -0.311 e. The van der Waals surface area contributed by atoms with Crippen LogP contribution in [0.5, 0.6) is 0 Å². The average molecular weight is 280 g/mol. The molecule has 1 atom stereocenters. The first-order valence-corrected chi connectivity index (χ1v) is 8.61. The second-order valence-corrected chi connectivity index (χ2v) is 7.01. The fourth-order valence-corrected chi connectivity index (χ4v) is 3.87. The number of hydrogen-bond donors (Lipinski definition) is 1. The minimum absolute atomic E-state index is 0.827. The highest BCUT2D eigenvalue weighted by molar-refractivity contribution is 7.11. The third kappa shape index (κ3) is 4.90. The maximum absolute atomic E-state index is 3.60. The van der Waals surface area contributed by atoms with E-state index in [-0.39, 0.29) is 0 Å². The highest BCUT2D eigenvalue weighted by Crippen LogP contribution is 2.18. The van der Waals surface area contributed by atoms with E-state index in [1.165, 1.54) is 54.9 Å². The molecule has 1 aromatic heterocycles. The largest absolute Gasteiger partial charge is 0.311 e. The fourth-order valence-electron chi connectivity index (χ4n) is 3.01. The molecule has 3 heteroatoms. The van der Waals surface area contributed by atoms with Gasteiger partial charge in [0.05, 0.1) is 0 Å². The van der Waals surface area contributed by atoms with Crippen LogP contribution in [0.3, 0.4) is 0 Å². The Labute approximate surface area is 122 Å². The first-order chi connectivity index (χ1) is 9.29. The lowest BCUT2D eigenvalue weighted by atomic mass is 10.1. The summed E-state index contributed by atoms with van der Waals surface area (Å²) in [5.74, 6) is 0.